The number of para-hydroxylation sites is 1. The summed E-state index contributed by atoms with van der Waals surface area (Å²) in [6.45, 7) is 2.69. The molecular formula is C15H17N3O2. The molecule has 0 radical (unpaired) electrons. The number of hydrogen-bond acceptors (Lipinski definition) is 4. The van der Waals surface area contributed by atoms with E-state index in [4.69, 9.17) is 4.74 Å². The van der Waals surface area contributed by atoms with Crippen LogP contribution in [-0.2, 0) is 7.05 Å². The van der Waals surface area contributed by atoms with E-state index < -0.39 is 0 Å². The van der Waals surface area contributed by atoms with Gasteiger partial charge in [0.15, 0.2) is 5.82 Å². The van der Waals surface area contributed by atoms with Crippen LogP contribution in [-0.4, -0.2) is 22.2 Å². The Morgan fingerprint density at radius 1 is 1.40 bits per heavy atom. The van der Waals surface area contributed by atoms with Gasteiger partial charge in [-0.25, -0.2) is 4.98 Å². The first-order valence-electron chi connectivity index (χ1n) is 6.68. The van der Waals surface area contributed by atoms with Gasteiger partial charge in [0.25, 0.3) is 5.56 Å². The van der Waals surface area contributed by atoms with Gasteiger partial charge in [0.2, 0.25) is 0 Å². The monoisotopic (exact) mass is 271 g/mol. The van der Waals surface area contributed by atoms with Gasteiger partial charge in [0.1, 0.15) is 11.9 Å². The average Bonchev–Trinajstić information content (AvgIpc) is 2.78. The lowest BCUT2D eigenvalue weighted by Gasteiger charge is -2.16. The maximum Gasteiger partial charge on any atom is 0.293 e. The Bertz CT molecular complexity index is 681. The van der Waals surface area contributed by atoms with Crippen LogP contribution in [0, 0.1) is 0 Å². The summed E-state index contributed by atoms with van der Waals surface area (Å²) in [4.78, 5) is 15.9. The summed E-state index contributed by atoms with van der Waals surface area (Å²) in [5.41, 5.74) is 1.09. The van der Waals surface area contributed by atoms with E-state index in [0.717, 1.165) is 5.75 Å². The molecule has 1 aliphatic rings. The third kappa shape index (κ3) is 2.15. The molecule has 3 rings (SSSR count). The van der Waals surface area contributed by atoms with Crippen molar-refractivity contribution in [1.82, 2.24) is 9.55 Å². The second-order valence-electron chi connectivity index (χ2n) is 5.06. The number of rotatable bonds is 3. The molecule has 0 fully saturated rings. The summed E-state index contributed by atoms with van der Waals surface area (Å²) in [6.07, 6.45) is 3.26. The maximum absolute atomic E-state index is 11.9. The van der Waals surface area contributed by atoms with Crippen molar-refractivity contribution in [2.75, 3.05) is 11.9 Å². The molecular weight excluding hydrogens is 254 g/mol. The van der Waals surface area contributed by atoms with Crippen LogP contribution in [0.2, 0.25) is 0 Å². The molecule has 2 atom stereocenters. The SMILES string of the molecule is C[C@@H]1c2ccccc2O[C@@H]1CNc1nccn(C)c1=O. The number of aryl methyl sites for hydroxylation is 1. The minimum absolute atomic E-state index is 0.0131. The molecule has 1 aromatic heterocycles. The van der Waals surface area contributed by atoms with Gasteiger partial charge in [-0.3, -0.25) is 4.79 Å². The minimum atomic E-state index is -0.129. The highest BCUT2D eigenvalue weighted by Gasteiger charge is 2.30. The summed E-state index contributed by atoms with van der Waals surface area (Å²) >= 11 is 0. The third-order valence-electron chi connectivity index (χ3n) is 3.73. The Hall–Kier alpha value is -2.30. The molecule has 0 bridgehead atoms. The zero-order valence-corrected chi connectivity index (χ0v) is 11.5. The largest absolute Gasteiger partial charge is 0.488 e. The third-order valence-corrected chi connectivity index (χ3v) is 3.73. The molecule has 0 spiro atoms. The van der Waals surface area contributed by atoms with Gasteiger partial charge >= 0.3 is 0 Å². The topological polar surface area (TPSA) is 56.1 Å². The summed E-state index contributed by atoms with van der Waals surface area (Å²) in [6, 6.07) is 8.05. The Balaban J connectivity index is 1.72. The van der Waals surface area contributed by atoms with Crippen molar-refractivity contribution in [1.29, 1.82) is 0 Å². The van der Waals surface area contributed by atoms with Gasteiger partial charge in [-0.05, 0) is 6.07 Å². The molecule has 5 heteroatoms. The van der Waals surface area contributed by atoms with Gasteiger partial charge in [0, 0.05) is 30.9 Å². The molecule has 0 unspecified atom stereocenters. The maximum atomic E-state index is 11.9. The lowest BCUT2D eigenvalue weighted by atomic mass is 9.98. The number of hydrogen-bond donors (Lipinski definition) is 1. The lowest BCUT2D eigenvalue weighted by Crippen LogP contribution is -2.30. The smallest absolute Gasteiger partial charge is 0.293 e. The van der Waals surface area contributed by atoms with Crippen LogP contribution in [0.25, 0.3) is 0 Å². The number of nitrogens with zero attached hydrogens (tertiary/aromatic N) is 2. The molecule has 1 aromatic carbocycles. The predicted molar refractivity (Wildman–Crippen MR) is 77.2 cm³/mol. The van der Waals surface area contributed by atoms with Gasteiger partial charge in [0.05, 0.1) is 6.54 Å². The number of nitrogens with one attached hydrogen (secondary N) is 1. The Morgan fingerprint density at radius 3 is 3.00 bits per heavy atom. The van der Waals surface area contributed by atoms with Crippen molar-refractivity contribution in [3.05, 3.63) is 52.6 Å². The van der Waals surface area contributed by atoms with Crippen molar-refractivity contribution in [2.24, 2.45) is 7.05 Å². The molecule has 1 N–H and O–H groups in total. The standard InChI is InChI=1S/C15H17N3O2/c1-10-11-5-3-4-6-12(11)20-13(10)9-17-14-15(19)18(2)8-7-16-14/h3-8,10,13H,9H2,1-2H3,(H,16,17)/t10-,13-/m1/s1. The van der Waals surface area contributed by atoms with Crippen LogP contribution in [0.3, 0.4) is 0 Å². The van der Waals surface area contributed by atoms with E-state index in [1.165, 1.54) is 10.1 Å². The Labute approximate surface area is 117 Å². The van der Waals surface area contributed by atoms with E-state index in [9.17, 15) is 4.79 Å². The van der Waals surface area contributed by atoms with E-state index in [-0.39, 0.29) is 11.7 Å². The minimum Gasteiger partial charge on any atom is -0.488 e. The van der Waals surface area contributed by atoms with Crippen LogP contribution in [0.15, 0.2) is 41.5 Å². The fraction of sp³-hybridized carbons (Fsp3) is 0.333. The number of fused-ring (bicyclic) bond motifs is 1. The Morgan fingerprint density at radius 2 is 2.20 bits per heavy atom. The van der Waals surface area contributed by atoms with Crippen LogP contribution >= 0.6 is 0 Å². The predicted octanol–water partition coefficient (Wildman–Crippen LogP) is 1.76. The molecule has 1 aliphatic heterocycles. The molecule has 0 aliphatic carbocycles. The van der Waals surface area contributed by atoms with Crippen LogP contribution in [0.5, 0.6) is 5.75 Å². The summed E-state index contributed by atoms with van der Waals surface area (Å²) in [5, 5.41) is 3.09. The lowest BCUT2D eigenvalue weighted by molar-refractivity contribution is 0.224. The van der Waals surface area contributed by atoms with Crippen molar-refractivity contribution < 1.29 is 4.74 Å². The van der Waals surface area contributed by atoms with Crippen molar-refractivity contribution in [2.45, 2.75) is 18.9 Å². The highest BCUT2D eigenvalue weighted by atomic mass is 16.5. The van der Waals surface area contributed by atoms with Crippen molar-refractivity contribution in [3.63, 3.8) is 0 Å². The van der Waals surface area contributed by atoms with E-state index >= 15 is 0 Å². The van der Waals surface area contributed by atoms with E-state index in [1.807, 2.05) is 18.2 Å². The van der Waals surface area contributed by atoms with E-state index in [1.54, 1.807) is 19.4 Å². The van der Waals surface area contributed by atoms with Gasteiger partial charge in [-0.1, -0.05) is 25.1 Å². The average molecular weight is 271 g/mol. The fourth-order valence-corrected chi connectivity index (χ4v) is 2.46. The molecule has 0 saturated carbocycles. The molecule has 104 valence electrons. The normalized spacial score (nSPS) is 20.3. The number of ether oxygens (including phenoxy) is 1. The second-order valence-corrected chi connectivity index (χ2v) is 5.06. The van der Waals surface area contributed by atoms with Crippen molar-refractivity contribution in [3.8, 4) is 5.75 Å². The molecule has 2 aromatic rings. The van der Waals surface area contributed by atoms with Gasteiger partial charge < -0.3 is 14.6 Å². The molecule has 0 amide bonds. The number of benzene rings is 1. The molecule has 2 heterocycles. The summed E-state index contributed by atoms with van der Waals surface area (Å²) in [7, 11) is 1.71. The first kappa shape index (κ1) is 12.7. The molecule has 5 nitrogen and oxygen atoms in total. The zero-order valence-electron chi connectivity index (χ0n) is 11.5. The zero-order chi connectivity index (χ0) is 14.1. The van der Waals surface area contributed by atoms with E-state index in [2.05, 4.69) is 23.3 Å². The van der Waals surface area contributed by atoms with Crippen LogP contribution in [0.4, 0.5) is 5.82 Å². The first-order valence-corrected chi connectivity index (χ1v) is 6.68. The van der Waals surface area contributed by atoms with E-state index in [0.29, 0.717) is 18.3 Å². The number of aromatic nitrogens is 2. The fourth-order valence-electron chi connectivity index (χ4n) is 2.46. The Kier molecular flexibility index (Phi) is 3.18. The highest BCUT2D eigenvalue weighted by Crippen LogP contribution is 2.37. The first-order chi connectivity index (χ1) is 9.66. The van der Waals surface area contributed by atoms with Gasteiger partial charge in [-0.2, -0.15) is 0 Å². The van der Waals surface area contributed by atoms with Gasteiger partial charge in [-0.15, -0.1) is 0 Å². The molecule has 20 heavy (non-hydrogen) atoms. The number of anilines is 1. The second kappa shape index (κ2) is 5.00. The van der Waals surface area contributed by atoms with Crippen LogP contribution in [0.1, 0.15) is 18.4 Å². The summed E-state index contributed by atoms with van der Waals surface area (Å²) in [5.74, 6) is 1.59. The van der Waals surface area contributed by atoms with Crippen LogP contribution < -0.4 is 15.6 Å². The quantitative estimate of drug-likeness (QED) is 0.924. The highest BCUT2D eigenvalue weighted by molar-refractivity contribution is 5.41. The van der Waals surface area contributed by atoms with Crippen molar-refractivity contribution >= 4 is 5.82 Å². The molecule has 0 saturated heterocycles. The summed E-state index contributed by atoms with van der Waals surface area (Å²) < 4.78 is 7.41.